The summed E-state index contributed by atoms with van der Waals surface area (Å²) >= 11 is 11.8. The molecule has 2 atom stereocenters. The lowest BCUT2D eigenvalue weighted by atomic mass is 10.1. The number of nitrogens with one attached hydrogen (secondary N) is 1. The molecule has 1 aliphatic heterocycles. The molecule has 1 N–H and O–H groups in total. The fraction of sp³-hybridized carbons (Fsp3) is 0.462. The Hall–Kier alpha value is -0.480. The van der Waals surface area contributed by atoms with E-state index in [0.29, 0.717) is 28.2 Å². The number of carbonyl (C=O) groups excluding carboxylic acids is 1. The van der Waals surface area contributed by atoms with Crippen molar-refractivity contribution in [2.45, 2.75) is 25.9 Å². The zero-order valence-corrected chi connectivity index (χ0v) is 13.1. The Morgan fingerprint density at radius 1 is 1.32 bits per heavy atom. The van der Waals surface area contributed by atoms with Gasteiger partial charge in [-0.1, -0.05) is 23.2 Å². The van der Waals surface area contributed by atoms with Crippen LogP contribution < -0.4 is 5.32 Å². The Morgan fingerprint density at radius 2 is 2.00 bits per heavy atom. The van der Waals surface area contributed by atoms with Gasteiger partial charge in [-0.05, 0) is 32.0 Å². The number of halogens is 3. The normalized spacial score (nSPS) is 22.8. The number of rotatable bonds is 1. The highest BCUT2D eigenvalue weighted by Crippen LogP contribution is 2.24. The van der Waals surface area contributed by atoms with Gasteiger partial charge in [-0.3, -0.25) is 4.79 Å². The highest BCUT2D eigenvalue weighted by atomic mass is 35.5. The highest BCUT2D eigenvalue weighted by molar-refractivity contribution is 6.42. The maximum Gasteiger partial charge on any atom is 0.254 e. The van der Waals surface area contributed by atoms with Crippen LogP contribution in [0.5, 0.6) is 0 Å². The molecule has 2 rings (SSSR count). The van der Waals surface area contributed by atoms with E-state index in [4.69, 9.17) is 23.2 Å². The van der Waals surface area contributed by atoms with Crippen LogP contribution in [0.25, 0.3) is 0 Å². The molecule has 0 aromatic heterocycles. The predicted octanol–water partition coefficient (Wildman–Crippen LogP) is 3.24. The van der Waals surface area contributed by atoms with E-state index in [-0.39, 0.29) is 24.4 Å². The maximum absolute atomic E-state index is 12.4. The first-order chi connectivity index (χ1) is 8.49. The molecule has 106 valence electrons. The molecule has 0 aliphatic carbocycles. The summed E-state index contributed by atoms with van der Waals surface area (Å²) in [4.78, 5) is 14.3. The number of amides is 1. The average Bonchev–Trinajstić information content (AvgIpc) is 2.35. The minimum absolute atomic E-state index is 0. The molecule has 0 saturated carbocycles. The molecule has 1 aliphatic rings. The van der Waals surface area contributed by atoms with E-state index in [1.54, 1.807) is 18.2 Å². The van der Waals surface area contributed by atoms with Gasteiger partial charge in [0.2, 0.25) is 0 Å². The van der Waals surface area contributed by atoms with Crippen molar-refractivity contribution in [3.05, 3.63) is 33.8 Å². The second-order valence-corrected chi connectivity index (χ2v) is 5.56. The van der Waals surface area contributed by atoms with E-state index < -0.39 is 0 Å². The Morgan fingerprint density at radius 3 is 2.63 bits per heavy atom. The van der Waals surface area contributed by atoms with Crippen molar-refractivity contribution in [3.63, 3.8) is 0 Å². The fourth-order valence-corrected chi connectivity index (χ4v) is 2.40. The smallest absolute Gasteiger partial charge is 0.254 e. The van der Waals surface area contributed by atoms with Gasteiger partial charge >= 0.3 is 0 Å². The minimum atomic E-state index is 0. The lowest BCUT2D eigenvalue weighted by molar-refractivity contribution is 0.0616. The summed E-state index contributed by atoms with van der Waals surface area (Å²) in [7, 11) is 0. The Labute approximate surface area is 129 Å². The van der Waals surface area contributed by atoms with Gasteiger partial charge < -0.3 is 10.2 Å². The second kappa shape index (κ2) is 6.80. The highest BCUT2D eigenvalue weighted by Gasteiger charge is 2.27. The molecule has 2 unspecified atom stereocenters. The van der Waals surface area contributed by atoms with Crippen molar-refractivity contribution in [3.8, 4) is 0 Å². The number of hydrogen-bond donors (Lipinski definition) is 1. The summed E-state index contributed by atoms with van der Waals surface area (Å²) in [5.41, 5.74) is 0.588. The molecule has 6 heteroatoms. The Balaban J connectivity index is 0.00000180. The topological polar surface area (TPSA) is 32.3 Å². The van der Waals surface area contributed by atoms with Gasteiger partial charge in [-0.15, -0.1) is 12.4 Å². The molecule has 1 saturated heterocycles. The molecule has 0 spiro atoms. The summed E-state index contributed by atoms with van der Waals surface area (Å²) in [5.74, 6) is 0.00872. The van der Waals surface area contributed by atoms with E-state index in [9.17, 15) is 4.79 Å². The monoisotopic (exact) mass is 322 g/mol. The third-order valence-corrected chi connectivity index (χ3v) is 3.93. The molecule has 3 nitrogen and oxygen atoms in total. The van der Waals surface area contributed by atoms with E-state index in [1.807, 2.05) is 11.8 Å². The second-order valence-electron chi connectivity index (χ2n) is 4.74. The molecule has 1 aromatic carbocycles. The van der Waals surface area contributed by atoms with E-state index in [0.717, 1.165) is 6.54 Å². The van der Waals surface area contributed by atoms with Gasteiger partial charge in [-0.2, -0.15) is 0 Å². The summed E-state index contributed by atoms with van der Waals surface area (Å²) in [6.07, 6.45) is 0. The summed E-state index contributed by atoms with van der Waals surface area (Å²) in [6, 6.07) is 5.51. The zero-order chi connectivity index (χ0) is 13.3. The van der Waals surface area contributed by atoms with Crippen molar-refractivity contribution in [2.75, 3.05) is 13.1 Å². The van der Waals surface area contributed by atoms with Crippen molar-refractivity contribution >= 4 is 41.5 Å². The van der Waals surface area contributed by atoms with E-state index in [1.165, 1.54) is 0 Å². The third-order valence-electron chi connectivity index (χ3n) is 3.19. The van der Waals surface area contributed by atoms with Crippen LogP contribution in [0.15, 0.2) is 18.2 Å². The van der Waals surface area contributed by atoms with Crippen LogP contribution in [-0.4, -0.2) is 36.0 Å². The molecule has 1 heterocycles. The summed E-state index contributed by atoms with van der Waals surface area (Å²) < 4.78 is 0. The molecule has 19 heavy (non-hydrogen) atoms. The first-order valence-corrected chi connectivity index (χ1v) is 6.74. The first-order valence-electron chi connectivity index (χ1n) is 5.98. The van der Waals surface area contributed by atoms with Crippen LogP contribution in [0.4, 0.5) is 0 Å². The summed E-state index contributed by atoms with van der Waals surface area (Å²) in [6.45, 7) is 5.63. The fourth-order valence-electron chi connectivity index (χ4n) is 2.10. The van der Waals surface area contributed by atoms with Gasteiger partial charge in [0.05, 0.1) is 10.0 Å². The Kier molecular flexibility index (Phi) is 5.93. The third kappa shape index (κ3) is 3.76. The van der Waals surface area contributed by atoms with Crippen molar-refractivity contribution in [2.24, 2.45) is 0 Å². The van der Waals surface area contributed by atoms with E-state index >= 15 is 0 Å². The van der Waals surface area contributed by atoms with E-state index in [2.05, 4.69) is 12.2 Å². The van der Waals surface area contributed by atoms with Crippen LogP contribution in [0.3, 0.4) is 0 Å². The molecule has 0 bridgehead atoms. The van der Waals surface area contributed by atoms with Crippen LogP contribution in [0.1, 0.15) is 24.2 Å². The van der Waals surface area contributed by atoms with Crippen molar-refractivity contribution in [1.29, 1.82) is 0 Å². The lowest BCUT2D eigenvalue weighted by Crippen LogP contribution is -2.56. The van der Waals surface area contributed by atoms with Crippen LogP contribution in [0, 0.1) is 0 Å². The molecular formula is C13H17Cl3N2O. The van der Waals surface area contributed by atoms with Crippen molar-refractivity contribution in [1.82, 2.24) is 10.2 Å². The van der Waals surface area contributed by atoms with Gasteiger partial charge in [-0.25, -0.2) is 0 Å². The number of hydrogen-bond acceptors (Lipinski definition) is 2. The van der Waals surface area contributed by atoms with Crippen LogP contribution in [0.2, 0.25) is 10.0 Å². The van der Waals surface area contributed by atoms with Gasteiger partial charge in [0.1, 0.15) is 0 Å². The van der Waals surface area contributed by atoms with Crippen LogP contribution >= 0.6 is 35.6 Å². The quantitative estimate of drug-likeness (QED) is 0.860. The number of carbonyl (C=O) groups is 1. The largest absolute Gasteiger partial charge is 0.333 e. The van der Waals surface area contributed by atoms with Gasteiger partial charge in [0.25, 0.3) is 5.91 Å². The lowest BCUT2D eigenvalue weighted by Gasteiger charge is -2.37. The standard InChI is InChI=1S/C13H16Cl2N2O.ClH/c1-8-7-17(9(2)6-16-8)13(18)10-3-4-11(14)12(15)5-10;/h3-5,8-9,16H,6-7H2,1-2H3;1H. The number of nitrogens with zero attached hydrogens (tertiary/aromatic N) is 1. The van der Waals surface area contributed by atoms with Crippen LogP contribution in [-0.2, 0) is 0 Å². The molecular weight excluding hydrogens is 307 g/mol. The Bertz CT molecular complexity index is 467. The molecule has 1 amide bonds. The first kappa shape index (κ1) is 16.6. The maximum atomic E-state index is 12.4. The SMILES string of the molecule is CC1CN(C(=O)c2ccc(Cl)c(Cl)c2)C(C)CN1.Cl. The molecule has 0 radical (unpaired) electrons. The predicted molar refractivity (Wildman–Crippen MR) is 81.7 cm³/mol. The molecule has 1 aromatic rings. The van der Waals surface area contributed by atoms with Gasteiger partial charge in [0.15, 0.2) is 0 Å². The summed E-state index contributed by atoms with van der Waals surface area (Å²) in [5, 5.41) is 4.23. The van der Waals surface area contributed by atoms with Crippen molar-refractivity contribution < 1.29 is 4.79 Å². The number of benzene rings is 1. The van der Waals surface area contributed by atoms with Gasteiger partial charge in [0, 0.05) is 30.7 Å². The zero-order valence-electron chi connectivity index (χ0n) is 10.8. The average molecular weight is 324 g/mol. The number of piperazine rings is 1. The molecule has 1 fully saturated rings. The minimum Gasteiger partial charge on any atom is -0.333 e.